The molecule has 0 aromatic heterocycles. The fourth-order valence-electron chi connectivity index (χ4n) is 2.12. The van der Waals surface area contributed by atoms with Gasteiger partial charge < -0.3 is 10.6 Å². The summed E-state index contributed by atoms with van der Waals surface area (Å²) < 4.78 is 0. The number of rotatable bonds is 2. The van der Waals surface area contributed by atoms with Crippen LogP contribution in [0.2, 0.25) is 0 Å². The Balaban J connectivity index is 2.34. The molecule has 1 aromatic rings. The van der Waals surface area contributed by atoms with Crippen LogP contribution in [0.15, 0.2) is 30.3 Å². The second-order valence-electron chi connectivity index (χ2n) is 4.72. The topological polar surface area (TPSA) is 63.4 Å². The number of benzene rings is 1. The van der Waals surface area contributed by atoms with Gasteiger partial charge in [-0.25, -0.2) is 0 Å². The number of amides is 2. The number of thioether (sulfide) groups is 1. The number of primary amides is 1. The lowest BCUT2D eigenvalue weighted by Crippen LogP contribution is -2.51. The second kappa shape index (κ2) is 4.65. The van der Waals surface area contributed by atoms with Crippen LogP contribution in [-0.2, 0) is 4.79 Å². The first-order valence-corrected chi connectivity index (χ1v) is 6.74. The van der Waals surface area contributed by atoms with Gasteiger partial charge in [0.1, 0.15) is 6.04 Å². The van der Waals surface area contributed by atoms with Gasteiger partial charge in [0.05, 0.1) is 4.87 Å². The van der Waals surface area contributed by atoms with E-state index < -0.39 is 16.8 Å². The summed E-state index contributed by atoms with van der Waals surface area (Å²) in [5.74, 6) is -0.0345. The van der Waals surface area contributed by atoms with Gasteiger partial charge in [-0.2, -0.15) is 0 Å². The lowest BCUT2D eigenvalue weighted by atomic mass is 10.1. The SMILES string of the molecule is CC1(C)SCC(C(N)=O)N1C(=O)c1ccccc1. The van der Waals surface area contributed by atoms with Crippen molar-refractivity contribution < 1.29 is 9.59 Å². The minimum Gasteiger partial charge on any atom is -0.368 e. The third kappa shape index (κ3) is 2.22. The molecule has 2 N–H and O–H groups in total. The van der Waals surface area contributed by atoms with Crippen LogP contribution in [0, 0.1) is 0 Å². The van der Waals surface area contributed by atoms with Gasteiger partial charge in [-0.15, -0.1) is 11.8 Å². The Labute approximate surface area is 111 Å². The largest absolute Gasteiger partial charge is 0.368 e. The summed E-state index contributed by atoms with van der Waals surface area (Å²) in [6.07, 6.45) is 0. The van der Waals surface area contributed by atoms with E-state index in [1.54, 1.807) is 28.8 Å². The third-order valence-electron chi connectivity index (χ3n) is 3.05. The van der Waals surface area contributed by atoms with Crippen molar-refractivity contribution in [1.82, 2.24) is 4.90 Å². The molecule has 2 amide bonds. The van der Waals surface area contributed by atoms with Gasteiger partial charge in [0.2, 0.25) is 5.91 Å². The zero-order valence-corrected chi connectivity index (χ0v) is 11.2. The number of carbonyl (C=O) groups excluding carboxylic acids is 2. The Morgan fingerprint density at radius 2 is 1.94 bits per heavy atom. The molecule has 5 heteroatoms. The van der Waals surface area contributed by atoms with Crippen molar-refractivity contribution in [1.29, 1.82) is 0 Å². The quantitative estimate of drug-likeness (QED) is 0.879. The average molecular weight is 264 g/mol. The van der Waals surface area contributed by atoms with E-state index in [2.05, 4.69) is 0 Å². The maximum atomic E-state index is 12.5. The molecule has 0 saturated carbocycles. The highest BCUT2D eigenvalue weighted by Gasteiger charge is 2.45. The fourth-order valence-corrected chi connectivity index (χ4v) is 3.35. The highest BCUT2D eigenvalue weighted by molar-refractivity contribution is 8.00. The van der Waals surface area contributed by atoms with Gasteiger partial charge in [-0.05, 0) is 26.0 Å². The molecule has 1 heterocycles. The Hall–Kier alpha value is -1.49. The molecular weight excluding hydrogens is 248 g/mol. The van der Waals surface area contributed by atoms with E-state index in [1.807, 2.05) is 32.0 Å². The molecule has 96 valence electrons. The molecule has 18 heavy (non-hydrogen) atoms. The highest BCUT2D eigenvalue weighted by Crippen LogP contribution is 2.39. The van der Waals surface area contributed by atoms with Crippen LogP contribution in [0.5, 0.6) is 0 Å². The Bertz CT molecular complexity index is 473. The molecule has 0 aliphatic carbocycles. The van der Waals surface area contributed by atoms with Gasteiger partial charge in [0, 0.05) is 11.3 Å². The average Bonchev–Trinajstić information content (AvgIpc) is 2.65. The van der Waals surface area contributed by atoms with Crippen LogP contribution in [-0.4, -0.2) is 33.4 Å². The Morgan fingerprint density at radius 1 is 1.33 bits per heavy atom. The van der Waals surface area contributed by atoms with Crippen LogP contribution in [0.3, 0.4) is 0 Å². The zero-order chi connectivity index (χ0) is 13.3. The standard InChI is InChI=1S/C13H16N2O2S/c1-13(2)15(10(8-18-13)11(14)16)12(17)9-6-4-3-5-7-9/h3-7,10H,8H2,1-2H3,(H2,14,16). The summed E-state index contributed by atoms with van der Waals surface area (Å²) in [6.45, 7) is 3.86. The normalized spacial score (nSPS) is 21.9. The van der Waals surface area contributed by atoms with Crippen molar-refractivity contribution in [3.63, 3.8) is 0 Å². The van der Waals surface area contributed by atoms with E-state index in [0.29, 0.717) is 11.3 Å². The molecule has 1 aliphatic heterocycles. The Kier molecular flexibility index (Phi) is 3.34. The zero-order valence-electron chi connectivity index (χ0n) is 10.4. The molecule has 1 saturated heterocycles. The van der Waals surface area contributed by atoms with Crippen LogP contribution in [0.1, 0.15) is 24.2 Å². The first-order valence-electron chi connectivity index (χ1n) is 5.75. The van der Waals surface area contributed by atoms with Gasteiger partial charge in [0.25, 0.3) is 5.91 Å². The van der Waals surface area contributed by atoms with Crippen molar-refractivity contribution in [3.05, 3.63) is 35.9 Å². The summed E-state index contributed by atoms with van der Waals surface area (Å²) in [7, 11) is 0. The number of nitrogens with zero attached hydrogens (tertiary/aromatic N) is 1. The number of nitrogens with two attached hydrogens (primary N) is 1. The number of hydrogen-bond donors (Lipinski definition) is 1. The van der Waals surface area contributed by atoms with Crippen LogP contribution in [0.25, 0.3) is 0 Å². The molecule has 0 spiro atoms. The minimum absolute atomic E-state index is 0.144. The van der Waals surface area contributed by atoms with Gasteiger partial charge in [0.15, 0.2) is 0 Å². The molecule has 1 atom stereocenters. The highest BCUT2D eigenvalue weighted by atomic mass is 32.2. The molecule has 1 aromatic carbocycles. The first kappa shape index (κ1) is 13.0. The van der Waals surface area contributed by atoms with E-state index in [-0.39, 0.29) is 5.91 Å². The Morgan fingerprint density at radius 3 is 2.50 bits per heavy atom. The molecule has 1 unspecified atom stereocenters. The molecule has 2 rings (SSSR count). The summed E-state index contributed by atoms with van der Waals surface area (Å²) >= 11 is 1.57. The summed E-state index contributed by atoms with van der Waals surface area (Å²) in [4.78, 5) is 25.1. The predicted octanol–water partition coefficient (Wildman–Crippen LogP) is 1.47. The molecule has 4 nitrogen and oxygen atoms in total. The van der Waals surface area contributed by atoms with Crippen molar-refractivity contribution in [2.45, 2.75) is 24.8 Å². The van der Waals surface area contributed by atoms with Crippen LogP contribution < -0.4 is 5.73 Å². The van der Waals surface area contributed by atoms with E-state index in [0.717, 1.165) is 0 Å². The maximum absolute atomic E-state index is 12.5. The van der Waals surface area contributed by atoms with Crippen LogP contribution in [0.4, 0.5) is 0 Å². The summed E-state index contributed by atoms with van der Waals surface area (Å²) in [5.41, 5.74) is 5.96. The van der Waals surface area contributed by atoms with Crippen molar-refractivity contribution in [2.24, 2.45) is 5.73 Å². The van der Waals surface area contributed by atoms with E-state index in [4.69, 9.17) is 5.73 Å². The lowest BCUT2D eigenvalue weighted by Gasteiger charge is -2.33. The minimum atomic E-state index is -0.530. The third-order valence-corrected chi connectivity index (χ3v) is 4.44. The monoisotopic (exact) mass is 264 g/mol. The molecule has 0 radical (unpaired) electrons. The predicted molar refractivity (Wildman–Crippen MR) is 72.1 cm³/mol. The van der Waals surface area contributed by atoms with E-state index in [9.17, 15) is 9.59 Å². The number of carbonyl (C=O) groups is 2. The summed E-state index contributed by atoms with van der Waals surface area (Å²) in [6, 6.07) is 8.44. The van der Waals surface area contributed by atoms with E-state index in [1.165, 1.54) is 0 Å². The fraction of sp³-hybridized carbons (Fsp3) is 0.385. The van der Waals surface area contributed by atoms with Crippen molar-refractivity contribution >= 4 is 23.6 Å². The second-order valence-corrected chi connectivity index (χ2v) is 6.34. The molecule has 1 aliphatic rings. The van der Waals surface area contributed by atoms with E-state index >= 15 is 0 Å². The maximum Gasteiger partial charge on any atom is 0.255 e. The molecule has 0 bridgehead atoms. The molecular formula is C13H16N2O2S. The summed E-state index contributed by atoms with van der Waals surface area (Å²) in [5, 5.41) is 0. The molecule has 1 fully saturated rings. The first-order chi connectivity index (χ1) is 8.43. The van der Waals surface area contributed by atoms with Crippen molar-refractivity contribution in [2.75, 3.05) is 5.75 Å². The lowest BCUT2D eigenvalue weighted by molar-refractivity contribution is -0.122. The van der Waals surface area contributed by atoms with Gasteiger partial charge in [-0.3, -0.25) is 9.59 Å². The smallest absolute Gasteiger partial charge is 0.255 e. The van der Waals surface area contributed by atoms with Gasteiger partial charge >= 0.3 is 0 Å². The van der Waals surface area contributed by atoms with Gasteiger partial charge in [-0.1, -0.05) is 18.2 Å². The van der Waals surface area contributed by atoms with Crippen molar-refractivity contribution in [3.8, 4) is 0 Å². The van der Waals surface area contributed by atoms with Crippen LogP contribution >= 0.6 is 11.8 Å². The number of hydrogen-bond acceptors (Lipinski definition) is 3.